The number of hydrogen-bond acceptors (Lipinski definition) is 2. The van der Waals surface area contributed by atoms with Crippen molar-refractivity contribution in [3.8, 4) is 0 Å². The highest BCUT2D eigenvalue weighted by Gasteiger charge is 2.48. The lowest BCUT2D eigenvalue weighted by atomic mass is 10.2. The van der Waals surface area contributed by atoms with Crippen molar-refractivity contribution in [3.63, 3.8) is 0 Å². The number of nitrogens with one attached hydrogen (secondary N) is 1. The molecule has 2 N–H and O–H groups in total. The van der Waals surface area contributed by atoms with Gasteiger partial charge in [-0.3, -0.25) is 9.59 Å². The zero-order valence-corrected chi connectivity index (χ0v) is 8.61. The Kier molecular flexibility index (Phi) is 2.79. The normalized spacial score (nSPS) is 22.0. The van der Waals surface area contributed by atoms with E-state index in [0.717, 1.165) is 18.2 Å². The molecule has 0 saturated heterocycles. The smallest absolute Gasteiger partial charge is 0.307 e. The molecule has 0 radical (unpaired) electrons. The highest BCUT2D eigenvalue weighted by Crippen LogP contribution is 2.39. The van der Waals surface area contributed by atoms with E-state index in [1.807, 2.05) is 0 Å². The van der Waals surface area contributed by atoms with Crippen molar-refractivity contribution in [3.05, 3.63) is 29.8 Å². The Labute approximate surface area is 95.2 Å². The quantitative estimate of drug-likeness (QED) is 0.845. The number of hydrogen-bond donors (Lipinski definition) is 2. The van der Waals surface area contributed by atoms with Gasteiger partial charge in [0.25, 0.3) is 0 Å². The zero-order chi connectivity index (χ0) is 12.6. The molecule has 0 heterocycles. The zero-order valence-electron chi connectivity index (χ0n) is 8.61. The maximum atomic E-state index is 13.2. The predicted molar refractivity (Wildman–Crippen MR) is 54.2 cm³/mol. The summed E-state index contributed by atoms with van der Waals surface area (Å²) < 4.78 is 26.0. The number of benzene rings is 1. The van der Waals surface area contributed by atoms with E-state index in [1.165, 1.54) is 0 Å². The van der Waals surface area contributed by atoms with E-state index in [4.69, 9.17) is 5.11 Å². The van der Waals surface area contributed by atoms with Crippen LogP contribution in [0.1, 0.15) is 6.42 Å². The van der Waals surface area contributed by atoms with Crippen LogP contribution in [0.4, 0.5) is 14.5 Å². The molecule has 4 nitrogen and oxygen atoms in total. The first-order valence-electron chi connectivity index (χ1n) is 4.98. The average molecular weight is 241 g/mol. The van der Waals surface area contributed by atoms with Crippen LogP contribution >= 0.6 is 0 Å². The summed E-state index contributed by atoms with van der Waals surface area (Å²) in [7, 11) is 0. The fraction of sp³-hybridized carbons (Fsp3) is 0.273. The molecule has 2 rings (SSSR count). The van der Waals surface area contributed by atoms with Gasteiger partial charge < -0.3 is 10.4 Å². The summed E-state index contributed by atoms with van der Waals surface area (Å²) in [6, 6.07) is 2.68. The van der Waals surface area contributed by atoms with Crippen molar-refractivity contribution in [1.82, 2.24) is 0 Å². The van der Waals surface area contributed by atoms with Gasteiger partial charge in [-0.15, -0.1) is 0 Å². The van der Waals surface area contributed by atoms with Gasteiger partial charge in [-0.2, -0.15) is 0 Å². The van der Waals surface area contributed by atoms with Crippen molar-refractivity contribution >= 4 is 17.6 Å². The van der Waals surface area contributed by atoms with E-state index in [1.54, 1.807) is 0 Å². The summed E-state index contributed by atoms with van der Waals surface area (Å²) in [5, 5.41) is 10.8. The van der Waals surface area contributed by atoms with Crippen LogP contribution < -0.4 is 5.32 Å². The average Bonchev–Trinajstić information content (AvgIpc) is 3.03. The third-order valence-corrected chi connectivity index (χ3v) is 2.63. The van der Waals surface area contributed by atoms with Gasteiger partial charge in [0.1, 0.15) is 11.6 Å². The minimum atomic E-state index is -1.05. The standard InChI is InChI=1S/C11H9F2NO3/c12-5-1-2-8(13)9(3-5)14-10(15)6-4-7(6)11(16)17/h1-3,6-7H,4H2,(H,14,15)(H,16,17)/t6-,7-/m1/s1. The second kappa shape index (κ2) is 4.12. The molecule has 0 spiro atoms. The van der Waals surface area contributed by atoms with E-state index < -0.39 is 35.3 Å². The van der Waals surface area contributed by atoms with Crippen LogP contribution in [-0.4, -0.2) is 17.0 Å². The Balaban J connectivity index is 2.04. The number of halogens is 2. The number of carbonyl (C=O) groups excluding carboxylic acids is 1. The van der Waals surface area contributed by atoms with Crippen molar-refractivity contribution in [2.75, 3.05) is 5.32 Å². The van der Waals surface area contributed by atoms with Crippen LogP contribution in [0.5, 0.6) is 0 Å². The molecule has 0 aliphatic heterocycles. The molecule has 1 saturated carbocycles. The lowest BCUT2D eigenvalue weighted by molar-refractivity contribution is -0.139. The lowest BCUT2D eigenvalue weighted by Crippen LogP contribution is -2.17. The van der Waals surface area contributed by atoms with Gasteiger partial charge in [0.2, 0.25) is 5.91 Å². The number of carbonyl (C=O) groups is 2. The van der Waals surface area contributed by atoms with Crippen LogP contribution in [0.3, 0.4) is 0 Å². The lowest BCUT2D eigenvalue weighted by Gasteiger charge is -2.05. The van der Waals surface area contributed by atoms with Gasteiger partial charge in [0.15, 0.2) is 0 Å². The number of amides is 1. The van der Waals surface area contributed by atoms with Gasteiger partial charge in [-0.25, -0.2) is 8.78 Å². The first-order valence-corrected chi connectivity index (χ1v) is 4.98. The van der Waals surface area contributed by atoms with E-state index >= 15 is 0 Å². The Hall–Kier alpha value is -1.98. The summed E-state index contributed by atoms with van der Waals surface area (Å²) in [6.07, 6.45) is 0.234. The van der Waals surface area contributed by atoms with E-state index in [9.17, 15) is 18.4 Å². The molecule has 0 bridgehead atoms. The fourth-order valence-corrected chi connectivity index (χ4v) is 1.58. The summed E-state index contributed by atoms with van der Waals surface area (Å²) >= 11 is 0. The molecule has 1 aromatic rings. The molecule has 1 aromatic carbocycles. The Morgan fingerprint density at radius 3 is 2.59 bits per heavy atom. The minimum absolute atomic E-state index is 0.234. The number of anilines is 1. The van der Waals surface area contributed by atoms with Gasteiger partial charge in [0.05, 0.1) is 17.5 Å². The molecule has 2 atom stereocenters. The van der Waals surface area contributed by atoms with Crippen LogP contribution in [0.15, 0.2) is 18.2 Å². The Morgan fingerprint density at radius 2 is 2.00 bits per heavy atom. The van der Waals surface area contributed by atoms with Gasteiger partial charge >= 0.3 is 5.97 Å². The van der Waals surface area contributed by atoms with Crippen LogP contribution in [0, 0.1) is 23.5 Å². The highest BCUT2D eigenvalue weighted by atomic mass is 19.1. The topological polar surface area (TPSA) is 66.4 Å². The Bertz CT molecular complexity index is 490. The maximum Gasteiger partial charge on any atom is 0.307 e. The number of rotatable bonds is 3. The van der Waals surface area contributed by atoms with Crippen LogP contribution in [0.2, 0.25) is 0 Å². The molecule has 90 valence electrons. The molecule has 0 unspecified atom stereocenters. The summed E-state index contributed by atoms with van der Waals surface area (Å²) in [6.45, 7) is 0. The van der Waals surface area contributed by atoms with Gasteiger partial charge in [-0.05, 0) is 18.6 Å². The number of aliphatic carboxylic acids is 1. The fourth-order valence-electron chi connectivity index (χ4n) is 1.58. The molecule has 6 heteroatoms. The molecule has 1 aliphatic rings. The number of carboxylic acids is 1. The van der Waals surface area contributed by atoms with E-state index in [2.05, 4.69) is 5.32 Å². The second-order valence-electron chi connectivity index (χ2n) is 3.90. The molecule has 17 heavy (non-hydrogen) atoms. The van der Waals surface area contributed by atoms with Crippen molar-refractivity contribution in [2.45, 2.75) is 6.42 Å². The van der Waals surface area contributed by atoms with Crippen molar-refractivity contribution in [2.24, 2.45) is 11.8 Å². The molecule has 0 aromatic heterocycles. The molecular weight excluding hydrogens is 232 g/mol. The monoisotopic (exact) mass is 241 g/mol. The molecular formula is C11H9F2NO3. The maximum absolute atomic E-state index is 13.2. The van der Waals surface area contributed by atoms with Crippen molar-refractivity contribution in [1.29, 1.82) is 0 Å². The molecule has 1 aliphatic carbocycles. The Morgan fingerprint density at radius 1 is 1.29 bits per heavy atom. The van der Waals surface area contributed by atoms with Crippen LogP contribution in [0.25, 0.3) is 0 Å². The summed E-state index contributed by atoms with van der Waals surface area (Å²) in [4.78, 5) is 22.0. The predicted octanol–water partition coefficient (Wildman–Crippen LogP) is 1.62. The van der Waals surface area contributed by atoms with E-state index in [-0.39, 0.29) is 12.1 Å². The summed E-state index contributed by atoms with van der Waals surface area (Å²) in [5.41, 5.74) is -0.272. The minimum Gasteiger partial charge on any atom is -0.481 e. The number of carboxylic acid groups (broad SMARTS) is 1. The molecule has 1 fully saturated rings. The van der Waals surface area contributed by atoms with E-state index in [0.29, 0.717) is 0 Å². The summed E-state index contributed by atoms with van der Waals surface area (Å²) in [5.74, 6) is -4.45. The first-order chi connectivity index (χ1) is 7.99. The third-order valence-electron chi connectivity index (χ3n) is 2.63. The van der Waals surface area contributed by atoms with Crippen LogP contribution in [-0.2, 0) is 9.59 Å². The van der Waals surface area contributed by atoms with Gasteiger partial charge in [0, 0.05) is 6.07 Å². The SMILES string of the molecule is O=C(O)[C@@H]1C[C@H]1C(=O)Nc1cc(F)ccc1F. The van der Waals surface area contributed by atoms with Gasteiger partial charge in [-0.1, -0.05) is 0 Å². The first kappa shape index (κ1) is 11.5. The second-order valence-corrected chi connectivity index (χ2v) is 3.90. The largest absolute Gasteiger partial charge is 0.481 e. The molecule has 1 amide bonds. The highest BCUT2D eigenvalue weighted by molar-refractivity contribution is 5.98. The third kappa shape index (κ3) is 2.41. The van der Waals surface area contributed by atoms with Crippen molar-refractivity contribution < 1.29 is 23.5 Å².